The first-order chi connectivity index (χ1) is 11.9. The number of nitrogen functional groups attached to an aromatic ring is 1. The van der Waals surface area contributed by atoms with Crippen molar-refractivity contribution in [3.05, 3.63) is 69.6 Å². The van der Waals surface area contributed by atoms with Gasteiger partial charge in [-0.2, -0.15) is 0 Å². The van der Waals surface area contributed by atoms with Gasteiger partial charge >= 0.3 is 0 Å². The zero-order valence-electron chi connectivity index (χ0n) is 13.3. The molecule has 0 saturated carbocycles. The lowest BCUT2D eigenvalue weighted by Gasteiger charge is -2.07. The van der Waals surface area contributed by atoms with E-state index in [4.69, 9.17) is 5.73 Å². The van der Waals surface area contributed by atoms with Gasteiger partial charge in [0.2, 0.25) is 0 Å². The Hall–Kier alpha value is -2.74. The number of hydrogen-bond acceptors (Lipinski definition) is 4. The van der Waals surface area contributed by atoms with Crippen molar-refractivity contribution in [1.82, 2.24) is 15.0 Å². The van der Waals surface area contributed by atoms with Gasteiger partial charge < -0.3 is 11.1 Å². The van der Waals surface area contributed by atoms with Gasteiger partial charge in [0.25, 0.3) is 5.91 Å². The summed E-state index contributed by atoms with van der Waals surface area (Å²) in [5, 5.41) is 10.5. The zero-order valence-corrected chi connectivity index (χ0v) is 14.9. The van der Waals surface area contributed by atoms with E-state index in [-0.39, 0.29) is 23.9 Å². The molecule has 0 bridgehead atoms. The van der Waals surface area contributed by atoms with E-state index >= 15 is 0 Å². The van der Waals surface area contributed by atoms with Crippen LogP contribution in [-0.2, 0) is 6.54 Å². The topological polar surface area (TPSA) is 85.8 Å². The number of nitrogens with two attached hydrogens (primary N) is 1. The first kappa shape index (κ1) is 17.1. The molecule has 0 atom stereocenters. The van der Waals surface area contributed by atoms with E-state index in [0.717, 1.165) is 10.0 Å². The van der Waals surface area contributed by atoms with Crippen LogP contribution in [0.5, 0.6) is 0 Å². The fraction of sp³-hybridized carbons (Fsp3) is 0.118. The highest BCUT2D eigenvalue weighted by atomic mass is 79.9. The van der Waals surface area contributed by atoms with Crippen molar-refractivity contribution >= 4 is 33.3 Å². The minimum absolute atomic E-state index is 0.0250. The van der Waals surface area contributed by atoms with Gasteiger partial charge in [-0.25, -0.2) is 9.07 Å². The summed E-state index contributed by atoms with van der Waals surface area (Å²) >= 11 is 3.41. The van der Waals surface area contributed by atoms with Gasteiger partial charge in [-0.05, 0) is 48.4 Å². The highest BCUT2D eigenvalue weighted by molar-refractivity contribution is 9.10. The molecule has 1 heterocycles. The molecule has 1 amide bonds. The predicted molar refractivity (Wildman–Crippen MR) is 96.8 cm³/mol. The summed E-state index contributed by atoms with van der Waals surface area (Å²) in [6.07, 6.45) is 0. The van der Waals surface area contributed by atoms with Crippen LogP contribution in [0.4, 0.5) is 15.9 Å². The lowest BCUT2D eigenvalue weighted by Crippen LogP contribution is -2.15. The normalized spacial score (nSPS) is 10.7. The lowest BCUT2D eigenvalue weighted by molar-refractivity contribution is 0.102. The molecule has 0 aliphatic heterocycles. The summed E-state index contributed by atoms with van der Waals surface area (Å²) in [6, 6.07) is 11.5. The third-order valence-electron chi connectivity index (χ3n) is 3.63. The number of benzene rings is 2. The molecule has 8 heteroatoms. The molecule has 2 aromatic carbocycles. The number of rotatable bonds is 4. The second-order valence-electron chi connectivity index (χ2n) is 5.53. The van der Waals surface area contributed by atoms with Crippen molar-refractivity contribution in [2.45, 2.75) is 13.5 Å². The van der Waals surface area contributed by atoms with Crippen LogP contribution in [-0.4, -0.2) is 20.9 Å². The largest absolute Gasteiger partial charge is 0.382 e. The Bertz CT molecular complexity index is 941. The number of amides is 1. The van der Waals surface area contributed by atoms with Crippen LogP contribution in [0.1, 0.15) is 21.6 Å². The fourth-order valence-corrected chi connectivity index (χ4v) is 2.57. The van der Waals surface area contributed by atoms with Crippen molar-refractivity contribution < 1.29 is 9.18 Å². The number of halogens is 2. The van der Waals surface area contributed by atoms with E-state index in [1.54, 1.807) is 18.2 Å². The van der Waals surface area contributed by atoms with E-state index in [1.807, 2.05) is 19.1 Å². The summed E-state index contributed by atoms with van der Waals surface area (Å²) in [6.45, 7) is 2.14. The molecule has 0 aliphatic carbocycles. The summed E-state index contributed by atoms with van der Waals surface area (Å²) in [5.41, 5.74) is 8.29. The Morgan fingerprint density at radius 1 is 1.32 bits per heavy atom. The van der Waals surface area contributed by atoms with Crippen LogP contribution >= 0.6 is 15.9 Å². The number of nitrogens with zero attached hydrogens (tertiary/aromatic N) is 3. The van der Waals surface area contributed by atoms with Crippen molar-refractivity contribution in [3.63, 3.8) is 0 Å². The molecule has 3 N–H and O–H groups in total. The Kier molecular flexibility index (Phi) is 4.80. The van der Waals surface area contributed by atoms with Gasteiger partial charge in [0, 0.05) is 10.2 Å². The third-order valence-corrected chi connectivity index (χ3v) is 4.52. The van der Waals surface area contributed by atoms with Crippen LogP contribution in [0.2, 0.25) is 0 Å². The molecule has 0 unspecified atom stereocenters. The SMILES string of the molecule is Cc1cc(NC(=O)c2nnn(Cc3cccc(F)c3)c2N)ccc1Br. The van der Waals surface area contributed by atoms with Gasteiger partial charge in [-0.15, -0.1) is 5.10 Å². The van der Waals surface area contributed by atoms with Gasteiger partial charge in [0.1, 0.15) is 5.82 Å². The van der Waals surface area contributed by atoms with E-state index in [9.17, 15) is 9.18 Å². The smallest absolute Gasteiger partial charge is 0.280 e. The molecule has 0 spiro atoms. The van der Waals surface area contributed by atoms with Crippen LogP contribution in [0.3, 0.4) is 0 Å². The monoisotopic (exact) mass is 403 g/mol. The molecule has 6 nitrogen and oxygen atoms in total. The maximum absolute atomic E-state index is 13.3. The van der Waals surface area contributed by atoms with E-state index in [2.05, 4.69) is 31.6 Å². The van der Waals surface area contributed by atoms with E-state index in [1.165, 1.54) is 16.8 Å². The Morgan fingerprint density at radius 2 is 2.12 bits per heavy atom. The average Bonchev–Trinajstić information content (AvgIpc) is 2.92. The first-order valence-corrected chi connectivity index (χ1v) is 8.24. The summed E-state index contributed by atoms with van der Waals surface area (Å²) in [7, 11) is 0. The molecule has 0 radical (unpaired) electrons. The summed E-state index contributed by atoms with van der Waals surface area (Å²) < 4.78 is 15.6. The number of aryl methyl sites for hydroxylation is 1. The third kappa shape index (κ3) is 3.85. The minimum atomic E-state index is -0.454. The first-order valence-electron chi connectivity index (χ1n) is 7.45. The number of carbonyl (C=O) groups is 1. The highest BCUT2D eigenvalue weighted by Crippen LogP contribution is 2.21. The molecule has 0 fully saturated rings. The average molecular weight is 404 g/mol. The second kappa shape index (κ2) is 7.02. The van der Waals surface area contributed by atoms with E-state index < -0.39 is 5.91 Å². The predicted octanol–water partition coefficient (Wildman–Crippen LogP) is 3.37. The van der Waals surface area contributed by atoms with Crippen LogP contribution in [0.25, 0.3) is 0 Å². The van der Waals surface area contributed by atoms with Gasteiger partial charge in [0.05, 0.1) is 6.54 Å². The van der Waals surface area contributed by atoms with Crippen molar-refractivity contribution in [2.75, 3.05) is 11.1 Å². The van der Waals surface area contributed by atoms with Crippen LogP contribution in [0.15, 0.2) is 46.9 Å². The minimum Gasteiger partial charge on any atom is -0.382 e. The molecular formula is C17H15BrFN5O. The maximum Gasteiger partial charge on any atom is 0.280 e. The Labute approximate surface area is 152 Å². The van der Waals surface area contributed by atoms with Gasteiger partial charge in [-0.3, -0.25) is 4.79 Å². The van der Waals surface area contributed by atoms with Crippen molar-refractivity contribution in [1.29, 1.82) is 0 Å². The molecule has 25 heavy (non-hydrogen) atoms. The lowest BCUT2D eigenvalue weighted by atomic mass is 10.2. The molecular weight excluding hydrogens is 389 g/mol. The van der Waals surface area contributed by atoms with Crippen molar-refractivity contribution in [2.24, 2.45) is 0 Å². The summed E-state index contributed by atoms with van der Waals surface area (Å²) in [5.74, 6) is -0.680. The number of aromatic nitrogens is 3. The van der Waals surface area contributed by atoms with Crippen LogP contribution < -0.4 is 11.1 Å². The van der Waals surface area contributed by atoms with Crippen LogP contribution in [0, 0.1) is 12.7 Å². The Balaban J connectivity index is 1.77. The zero-order chi connectivity index (χ0) is 18.0. The van der Waals surface area contributed by atoms with E-state index in [0.29, 0.717) is 11.3 Å². The number of carbonyl (C=O) groups excluding carboxylic acids is 1. The quantitative estimate of drug-likeness (QED) is 0.698. The molecule has 0 aliphatic rings. The number of nitrogens with one attached hydrogen (secondary N) is 1. The molecule has 3 rings (SSSR count). The van der Waals surface area contributed by atoms with Gasteiger partial charge in [0.15, 0.2) is 11.5 Å². The number of hydrogen-bond donors (Lipinski definition) is 2. The summed E-state index contributed by atoms with van der Waals surface area (Å²) in [4.78, 5) is 12.4. The molecule has 128 valence electrons. The Morgan fingerprint density at radius 3 is 2.84 bits per heavy atom. The highest BCUT2D eigenvalue weighted by Gasteiger charge is 2.18. The van der Waals surface area contributed by atoms with Crippen molar-refractivity contribution in [3.8, 4) is 0 Å². The van der Waals surface area contributed by atoms with Gasteiger partial charge in [-0.1, -0.05) is 33.3 Å². The standard InChI is InChI=1S/C17H15BrFN5O/c1-10-7-13(5-6-14(10)18)21-17(25)15-16(20)24(23-22-15)9-11-3-2-4-12(19)8-11/h2-8H,9,20H2,1H3,(H,21,25). The fourth-order valence-electron chi connectivity index (χ4n) is 2.32. The molecule has 0 saturated heterocycles. The molecule has 1 aromatic heterocycles. The second-order valence-corrected chi connectivity index (χ2v) is 6.38. The molecule has 3 aromatic rings. The number of anilines is 2. The maximum atomic E-state index is 13.3.